The van der Waals surface area contributed by atoms with Crippen molar-refractivity contribution in [2.45, 2.75) is 12.5 Å². The van der Waals surface area contributed by atoms with Crippen molar-refractivity contribution in [3.05, 3.63) is 34.6 Å². The molecule has 1 aliphatic heterocycles. The minimum absolute atomic E-state index is 0.260. The van der Waals surface area contributed by atoms with E-state index in [2.05, 4.69) is 4.90 Å². The van der Waals surface area contributed by atoms with Crippen LogP contribution in [0.1, 0.15) is 5.56 Å². The van der Waals surface area contributed by atoms with E-state index in [-0.39, 0.29) is 11.9 Å². The molecule has 6 heteroatoms. The Morgan fingerprint density at radius 1 is 1.58 bits per heavy atom. The number of carbonyl (C=O) groups is 1. The third-order valence-electron chi connectivity index (χ3n) is 3.51. The van der Waals surface area contributed by atoms with Gasteiger partial charge in [0.2, 0.25) is 0 Å². The topological polar surface area (TPSA) is 43.8 Å². The summed E-state index contributed by atoms with van der Waals surface area (Å²) in [5.41, 5.74) is 0.907. The number of halogens is 2. The molecule has 1 N–H and O–H groups in total. The molecule has 0 radical (unpaired) electrons. The van der Waals surface area contributed by atoms with Crippen LogP contribution >= 0.6 is 11.6 Å². The van der Waals surface area contributed by atoms with E-state index in [0.717, 1.165) is 18.5 Å². The molecule has 0 spiro atoms. The summed E-state index contributed by atoms with van der Waals surface area (Å²) in [4.78, 5) is 14.2. The fraction of sp³-hybridized carbons (Fsp3) is 0.462. The van der Waals surface area contributed by atoms with Gasteiger partial charge in [-0.15, -0.1) is 0 Å². The Kier molecular flexibility index (Phi) is 4.27. The Balaban J connectivity index is 1.81. The number of hydrogen-bond acceptors (Lipinski definition) is 2. The van der Waals surface area contributed by atoms with Gasteiger partial charge in [0.25, 0.3) is 0 Å². The van der Waals surface area contributed by atoms with Crippen LogP contribution in [0.4, 0.5) is 9.18 Å². The summed E-state index contributed by atoms with van der Waals surface area (Å²) in [5.74, 6) is -0.335. The zero-order valence-electron chi connectivity index (χ0n) is 10.6. The molecule has 0 aliphatic carbocycles. The van der Waals surface area contributed by atoms with Crippen LogP contribution in [-0.2, 0) is 6.42 Å². The molecule has 104 valence electrons. The first-order chi connectivity index (χ1) is 8.97. The van der Waals surface area contributed by atoms with Gasteiger partial charge in [-0.05, 0) is 31.2 Å². The molecule has 0 aromatic heterocycles. The molecule has 1 amide bonds. The smallest absolute Gasteiger partial charge is 0.407 e. The molecule has 2 rings (SSSR count). The Morgan fingerprint density at radius 3 is 2.84 bits per heavy atom. The molecule has 1 fully saturated rings. The zero-order valence-corrected chi connectivity index (χ0v) is 11.4. The van der Waals surface area contributed by atoms with Crippen molar-refractivity contribution in [2.75, 3.05) is 26.7 Å². The molecular weight excluding hydrogens is 271 g/mol. The number of hydrogen-bond donors (Lipinski definition) is 1. The van der Waals surface area contributed by atoms with Crippen molar-refractivity contribution in [3.63, 3.8) is 0 Å². The molecule has 19 heavy (non-hydrogen) atoms. The standard InChI is InChI=1S/C13H16ClFN2O2/c1-16(11-7-17(8-11)13(18)19)5-4-9-2-3-10(15)6-12(9)14/h2-3,6,11H,4-5,7-8H2,1H3,(H,18,19). The number of carboxylic acid groups (broad SMARTS) is 1. The quantitative estimate of drug-likeness (QED) is 0.924. The number of nitrogens with zero attached hydrogens (tertiary/aromatic N) is 2. The molecule has 1 aliphatic rings. The average Bonchev–Trinajstić information content (AvgIpc) is 2.25. The van der Waals surface area contributed by atoms with E-state index in [9.17, 15) is 9.18 Å². The van der Waals surface area contributed by atoms with Crippen LogP contribution in [-0.4, -0.2) is 53.7 Å². The highest BCUT2D eigenvalue weighted by molar-refractivity contribution is 6.31. The highest BCUT2D eigenvalue weighted by Gasteiger charge is 2.32. The number of amides is 1. The van der Waals surface area contributed by atoms with Crippen molar-refractivity contribution in [3.8, 4) is 0 Å². The van der Waals surface area contributed by atoms with Gasteiger partial charge >= 0.3 is 6.09 Å². The van der Waals surface area contributed by atoms with Crippen LogP contribution in [0.5, 0.6) is 0 Å². The van der Waals surface area contributed by atoms with Gasteiger partial charge in [-0.3, -0.25) is 4.90 Å². The third-order valence-corrected chi connectivity index (χ3v) is 3.86. The Morgan fingerprint density at radius 2 is 2.26 bits per heavy atom. The van der Waals surface area contributed by atoms with Crippen LogP contribution in [0.25, 0.3) is 0 Å². The van der Waals surface area contributed by atoms with Crippen LogP contribution < -0.4 is 0 Å². The Hall–Kier alpha value is -1.33. The lowest BCUT2D eigenvalue weighted by Gasteiger charge is -2.42. The van der Waals surface area contributed by atoms with Crippen LogP contribution in [0.15, 0.2) is 18.2 Å². The molecule has 1 aromatic carbocycles. The monoisotopic (exact) mass is 286 g/mol. The lowest BCUT2D eigenvalue weighted by molar-refractivity contribution is 0.0495. The number of rotatable bonds is 4. The summed E-state index contributed by atoms with van der Waals surface area (Å²) < 4.78 is 12.9. The SMILES string of the molecule is CN(CCc1ccc(F)cc1Cl)C1CN(C(=O)O)C1. The predicted octanol–water partition coefficient (Wildman–Crippen LogP) is 2.32. The Bertz CT molecular complexity index is 478. The molecule has 1 heterocycles. The van der Waals surface area contributed by atoms with Crippen LogP contribution in [0.3, 0.4) is 0 Å². The summed E-state index contributed by atoms with van der Waals surface area (Å²) in [6.07, 6.45) is -0.148. The summed E-state index contributed by atoms with van der Waals surface area (Å²) in [7, 11) is 1.96. The number of likely N-dealkylation sites (N-methyl/N-ethyl adjacent to an activating group) is 1. The molecule has 0 atom stereocenters. The molecular formula is C13H16ClFN2O2. The average molecular weight is 287 g/mol. The molecule has 1 aromatic rings. The second-order valence-electron chi connectivity index (χ2n) is 4.81. The minimum atomic E-state index is -0.869. The van der Waals surface area contributed by atoms with Crippen molar-refractivity contribution >= 4 is 17.7 Å². The highest BCUT2D eigenvalue weighted by Crippen LogP contribution is 2.19. The van der Waals surface area contributed by atoms with Crippen LogP contribution in [0, 0.1) is 5.82 Å². The Labute approximate surface area is 116 Å². The van der Waals surface area contributed by atoms with E-state index in [0.29, 0.717) is 18.1 Å². The van der Waals surface area contributed by atoms with Gasteiger partial charge in [-0.2, -0.15) is 0 Å². The first-order valence-corrected chi connectivity index (χ1v) is 6.47. The molecule has 0 unspecified atom stereocenters. The van der Waals surface area contributed by atoms with Crippen molar-refractivity contribution in [1.82, 2.24) is 9.80 Å². The number of benzene rings is 1. The zero-order chi connectivity index (χ0) is 14.0. The van der Waals surface area contributed by atoms with Gasteiger partial charge in [-0.25, -0.2) is 9.18 Å². The predicted molar refractivity (Wildman–Crippen MR) is 71.1 cm³/mol. The lowest BCUT2D eigenvalue weighted by Crippen LogP contribution is -2.60. The second-order valence-corrected chi connectivity index (χ2v) is 5.21. The van der Waals surface area contributed by atoms with Crippen molar-refractivity contribution < 1.29 is 14.3 Å². The molecule has 4 nitrogen and oxygen atoms in total. The second kappa shape index (κ2) is 5.75. The summed E-state index contributed by atoms with van der Waals surface area (Å²) >= 11 is 5.96. The third kappa shape index (κ3) is 3.36. The van der Waals surface area contributed by atoms with E-state index in [4.69, 9.17) is 16.7 Å². The van der Waals surface area contributed by atoms with Crippen molar-refractivity contribution in [1.29, 1.82) is 0 Å². The van der Waals surface area contributed by atoms with E-state index in [1.807, 2.05) is 7.05 Å². The van der Waals surface area contributed by atoms with E-state index in [1.165, 1.54) is 17.0 Å². The lowest BCUT2D eigenvalue weighted by atomic mass is 10.1. The van der Waals surface area contributed by atoms with Gasteiger partial charge in [0.1, 0.15) is 5.82 Å². The van der Waals surface area contributed by atoms with E-state index >= 15 is 0 Å². The van der Waals surface area contributed by atoms with Gasteiger partial charge in [0, 0.05) is 30.7 Å². The minimum Gasteiger partial charge on any atom is -0.465 e. The molecule has 0 saturated carbocycles. The first-order valence-electron chi connectivity index (χ1n) is 6.09. The van der Waals surface area contributed by atoms with Gasteiger partial charge in [0.05, 0.1) is 0 Å². The van der Waals surface area contributed by atoms with Gasteiger partial charge in [0.15, 0.2) is 0 Å². The van der Waals surface area contributed by atoms with E-state index in [1.54, 1.807) is 6.07 Å². The largest absolute Gasteiger partial charge is 0.465 e. The fourth-order valence-electron chi connectivity index (χ4n) is 2.09. The highest BCUT2D eigenvalue weighted by atomic mass is 35.5. The summed E-state index contributed by atoms with van der Waals surface area (Å²) in [6, 6.07) is 4.66. The molecule has 0 bridgehead atoms. The first kappa shape index (κ1) is 14.1. The summed E-state index contributed by atoms with van der Waals surface area (Å²) in [6.45, 7) is 1.86. The van der Waals surface area contributed by atoms with Crippen LogP contribution in [0.2, 0.25) is 5.02 Å². The molecule has 1 saturated heterocycles. The van der Waals surface area contributed by atoms with Gasteiger partial charge in [-0.1, -0.05) is 17.7 Å². The van der Waals surface area contributed by atoms with E-state index < -0.39 is 6.09 Å². The number of likely N-dealkylation sites (tertiary alicyclic amines) is 1. The summed E-state index contributed by atoms with van der Waals surface area (Å²) in [5, 5.41) is 9.20. The van der Waals surface area contributed by atoms with Gasteiger partial charge < -0.3 is 10.0 Å². The normalized spacial score (nSPS) is 15.7. The van der Waals surface area contributed by atoms with Crippen molar-refractivity contribution in [2.24, 2.45) is 0 Å². The maximum absolute atomic E-state index is 12.9. The maximum Gasteiger partial charge on any atom is 0.407 e. The fourth-order valence-corrected chi connectivity index (χ4v) is 2.36. The maximum atomic E-state index is 12.9.